The first-order valence-corrected chi connectivity index (χ1v) is 7.16. The number of halogens is 1. The van der Waals surface area contributed by atoms with E-state index in [-0.39, 0.29) is 12.5 Å². The summed E-state index contributed by atoms with van der Waals surface area (Å²) in [5.41, 5.74) is 0.362. The number of hydrogen-bond acceptors (Lipinski definition) is 3. The van der Waals surface area contributed by atoms with Crippen LogP contribution in [0, 0.1) is 11.3 Å². The van der Waals surface area contributed by atoms with Crippen LogP contribution >= 0.6 is 15.9 Å². The molecule has 4 nitrogen and oxygen atoms in total. The molecule has 20 heavy (non-hydrogen) atoms. The second-order valence-electron chi connectivity index (χ2n) is 5.42. The van der Waals surface area contributed by atoms with Gasteiger partial charge in [0, 0.05) is 18.1 Å². The maximum Gasteiger partial charge on any atom is 0.237 e. The molecule has 0 heterocycles. The summed E-state index contributed by atoms with van der Waals surface area (Å²) in [5, 5.41) is 9.05. The van der Waals surface area contributed by atoms with Gasteiger partial charge in [-0.25, -0.2) is 0 Å². The van der Waals surface area contributed by atoms with E-state index in [1.807, 2.05) is 36.2 Å². The lowest BCUT2D eigenvalue weighted by Gasteiger charge is -2.30. The number of nitriles is 1. The number of rotatable bonds is 5. The van der Waals surface area contributed by atoms with Gasteiger partial charge in [-0.05, 0) is 38.6 Å². The van der Waals surface area contributed by atoms with Gasteiger partial charge in [0.1, 0.15) is 5.54 Å². The number of nitrogens with zero attached hydrogens (tertiary/aromatic N) is 3. The van der Waals surface area contributed by atoms with Crippen molar-refractivity contribution < 1.29 is 4.79 Å². The summed E-state index contributed by atoms with van der Waals surface area (Å²) < 4.78 is 1.04. The van der Waals surface area contributed by atoms with E-state index in [1.165, 1.54) is 4.90 Å². The zero-order valence-electron chi connectivity index (χ0n) is 12.4. The largest absolute Gasteiger partial charge is 0.326 e. The molecule has 0 unspecified atom stereocenters. The lowest BCUT2D eigenvalue weighted by Crippen LogP contribution is -2.47. The van der Waals surface area contributed by atoms with Crippen LogP contribution in [0.5, 0.6) is 0 Å². The first-order valence-electron chi connectivity index (χ1n) is 6.37. The van der Waals surface area contributed by atoms with Crippen molar-refractivity contribution in [2.24, 2.45) is 0 Å². The molecule has 1 amide bonds. The molecule has 0 aliphatic rings. The van der Waals surface area contributed by atoms with Crippen LogP contribution in [0.4, 0.5) is 0 Å². The number of carbonyl (C=O) groups is 1. The quantitative estimate of drug-likeness (QED) is 0.829. The minimum atomic E-state index is -0.782. The zero-order valence-corrected chi connectivity index (χ0v) is 13.9. The molecule has 0 aliphatic heterocycles. The van der Waals surface area contributed by atoms with Crippen LogP contribution in [0.15, 0.2) is 28.7 Å². The van der Waals surface area contributed by atoms with Gasteiger partial charge in [0.2, 0.25) is 5.91 Å². The molecule has 0 aromatic heterocycles. The van der Waals surface area contributed by atoms with Crippen molar-refractivity contribution in [2.45, 2.75) is 25.9 Å². The fourth-order valence-electron chi connectivity index (χ4n) is 1.68. The molecule has 0 saturated heterocycles. The third-order valence-corrected chi connectivity index (χ3v) is 3.79. The van der Waals surface area contributed by atoms with Gasteiger partial charge >= 0.3 is 0 Å². The van der Waals surface area contributed by atoms with Crippen LogP contribution in [0.25, 0.3) is 0 Å². The van der Waals surface area contributed by atoms with Gasteiger partial charge in [-0.15, -0.1) is 0 Å². The first-order chi connectivity index (χ1) is 9.26. The van der Waals surface area contributed by atoms with Crippen LogP contribution in [0.2, 0.25) is 0 Å². The molecule has 1 aromatic carbocycles. The lowest BCUT2D eigenvalue weighted by atomic mass is 10.1. The molecular weight excluding hydrogens is 318 g/mol. The Hall–Kier alpha value is -1.38. The SMILES string of the molecule is CN(CC(=O)N(C)C(C)(C)C#N)Cc1ccc(Br)cc1. The Bertz CT molecular complexity index is 505. The highest BCUT2D eigenvalue weighted by Gasteiger charge is 2.27. The Kier molecular flexibility index (Phi) is 5.73. The molecule has 108 valence electrons. The van der Waals surface area contributed by atoms with Gasteiger partial charge in [0.05, 0.1) is 12.6 Å². The fourth-order valence-corrected chi connectivity index (χ4v) is 1.95. The summed E-state index contributed by atoms with van der Waals surface area (Å²) in [7, 11) is 3.56. The van der Waals surface area contributed by atoms with Gasteiger partial charge in [0.15, 0.2) is 0 Å². The van der Waals surface area contributed by atoms with Crippen molar-refractivity contribution >= 4 is 21.8 Å². The van der Waals surface area contributed by atoms with E-state index < -0.39 is 5.54 Å². The molecule has 0 saturated carbocycles. The van der Waals surface area contributed by atoms with E-state index in [4.69, 9.17) is 5.26 Å². The van der Waals surface area contributed by atoms with Crippen LogP contribution in [-0.4, -0.2) is 41.9 Å². The summed E-state index contributed by atoms with van der Waals surface area (Å²) in [4.78, 5) is 15.6. The fraction of sp³-hybridized carbons (Fsp3) is 0.467. The Morgan fingerprint density at radius 3 is 2.35 bits per heavy atom. The summed E-state index contributed by atoms with van der Waals surface area (Å²) in [6.45, 7) is 4.46. The molecule has 1 aromatic rings. The van der Waals surface area contributed by atoms with Gasteiger partial charge in [-0.2, -0.15) is 5.26 Å². The van der Waals surface area contributed by atoms with E-state index in [2.05, 4.69) is 22.0 Å². The van der Waals surface area contributed by atoms with E-state index in [1.54, 1.807) is 20.9 Å². The van der Waals surface area contributed by atoms with Crippen molar-refractivity contribution in [1.29, 1.82) is 5.26 Å². The van der Waals surface area contributed by atoms with Crippen molar-refractivity contribution in [3.63, 3.8) is 0 Å². The second kappa shape index (κ2) is 6.87. The normalized spacial score (nSPS) is 11.2. The number of hydrogen-bond donors (Lipinski definition) is 0. The Morgan fingerprint density at radius 2 is 1.85 bits per heavy atom. The minimum absolute atomic E-state index is 0.0591. The van der Waals surface area contributed by atoms with Crippen LogP contribution in [-0.2, 0) is 11.3 Å². The van der Waals surface area contributed by atoms with Crippen LogP contribution in [0.3, 0.4) is 0 Å². The smallest absolute Gasteiger partial charge is 0.237 e. The average Bonchev–Trinajstić information content (AvgIpc) is 2.40. The molecular formula is C15H20BrN3O. The maximum absolute atomic E-state index is 12.1. The summed E-state index contributed by atoms with van der Waals surface area (Å²) in [6, 6.07) is 10.1. The number of benzene rings is 1. The van der Waals surface area contributed by atoms with Crippen molar-refractivity contribution in [2.75, 3.05) is 20.6 Å². The summed E-state index contributed by atoms with van der Waals surface area (Å²) in [5.74, 6) is -0.0591. The van der Waals surface area contributed by atoms with Gasteiger partial charge in [-0.1, -0.05) is 28.1 Å². The van der Waals surface area contributed by atoms with Crippen molar-refractivity contribution in [3.8, 4) is 6.07 Å². The van der Waals surface area contributed by atoms with Gasteiger partial charge in [-0.3, -0.25) is 9.69 Å². The number of carbonyl (C=O) groups excluding carboxylic acids is 1. The van der Waals surface area contributed by atoms with E-state index in [9.17, 15) is 4.79 Å². The van der Waals surface area contributed by atoms with Crippen molar-refractivity contribution in [1.82, 2.24) is 9.80 Å². The van der Waals surface area contributed by atoms with E-state index >= 15 is 0 Å². The summed E-state index contributed by atoms with van der Waals surface area (Å²) >= 11 is 3.40. The monoisotopic (exact) mass is 337 g/mol. The van der Waals surface area contributed by atoms with E-state index in [0.29, 0.717) is 6.54 Å². The topological polar surface area (TPSA) is 47.3 Å². The Balaban J connectivity index is 2.58. The van der Waals surface area contributed by atoms with Crippen molar-refractivity contribution in [3.05, 3.63) is 34.3 Å². The standard InChI is InChI=1S/C15H20BrN3O/c1-15(2,11-17)19(4)14(20)10-18(3)9-12-5-7-13(16)8-6-12/h5-8H,9-10H2,1-4H3. The molecule has 0 radical (unpaired) electrons. The highest BCUT2D eigenvalue weighted by atomic mass is 79.9. The van der Waals surface area contributed by atoms with Crippen LogP contribution in [0.1, 0.15) is 19.4 Å². The van der Waals surface area contributed by atoms with Gasteiger partial charge < -0.3 is 4.90 Å². The minimum Gasteiger partial charge on any atom is -0.326 e. The highest BCUT2D eigenvalue weighted by molar-refractivity contribution is 9.10. The lowest BCUT2D eigenvalue weighted by molar-refractivity contribution is -0.134. The maximum atomic E-state index is 12.1. The van der Waals surface area contributed by atoms with Gasteiger partial charge in [0.25, 0.3) is 0 Å². The predicted octanol–water partition coefficient (Wildman–Crippen LogP) is 2.64. The predicted molar refractivity (Wildman–Crippen MR) is 82.9 cm³/mol. The average molecular weight is 338 g/mol. The number of amides is 1. The molecule has 0 aliphatic carbocycles. The molecule has 1 rings (SSSR count). The third kappa shape index (κ3) is 4.62. The molecule has 0 N–H and O–H groups in total. The Labute approximate surface area is 129 Å². The molecule has 0 bridgehead atoms. The third-order valence-electron chi connectivity index (χ3n) is 3.26. The molecule has 0 spiro atoms. The number of likely N-dealkylation sites (N-methyl/N-ethyl adjacent to an activating group) is 2. The zero-order chi connectivity index (χ0) is 15.3. The Morgan fingerprint density at radius 1 is 1.30 bits per heavy atom. The second-order valence-corrected chi connectivity index (χ2v) is 6.34. The first kappa shape index (κ1) is 16.7. The molecule has 0 fully saturated rings. The van der Waals surface area contributed by atoms with E-state index in [0.717, 1.165) is 10.0 Å². The van der Waals surface area contributed by atoms with Crippen LogP contribution < -0.4 is 0 Å². The molecule has 0 atom stereocenters. The highest BCUT2D eigenvalue weighted by Crippen LogP contribution is 2.13. The molecule has 5 heteroatoms. The summed E-state index contributed by atoms with van der Waals surface area (Å²) in [6.07, 6.45) is 0.